The van der Waals surface area contributed by atoms with Crippen LogP contribution in [0.4, 0.5) is 0 Å². The summed E-state index contributed by atoms with van der Waals surface area (Å²) in [5.74, 6) is 0.564. The van der Waals surface area contributed by atoms with E-state index >= 15 is 0 Å². The molecule has 1 heterocycles. The van der Waals surface area contributed by atoms with Crippen LogP contribution < -0.4 is 4.74 Å². The molecule has 3 heteroatoms. The second-order valence-electron chi connectivity index (χ2n) is 2.26. The molecule has 0 atom stereocenters. The van der Waals surface area contributed by atoms with Gasteiger partial charge < -0.3 is 4.74 Å². The van der Waals surface area contributed by atoms with Crippen molar-refractivity contribution >= 4 is 57.4 Å². The molecule has 1 aliphatic heterocycles. The topological polar surface area (TPSA) is 26.3 Å². The molecule has 0 bridgehead atoms. The third kappa shape index (κ3) is 1.92. The fraction of sp³-hybridized carbons (Fsp3) is 0.125. The molecule has 51 valence electrons. The number of rotatable bonds is 0. The van der Waals surface area contributed by atoms with Crippen molar-refractivity contribution in [2.75, 3.05) is 0 Å². The third-order valence-electron chi connectivity index (χ3n) is 1.53. The quantitative estimate of drug-likeness (QED) is 0.329. The van der Waals surface area contributed by atoms with Gasteiger partial charge in [0.1, 0.15) is 5.75 Å². The molecular weight excluding hydrogens is 167 g/mol. The zero-order valence-electron chi connectivity index (χ0n) is 6.33. The number of carbonyl (C=O) groups excluding carboxylic acids is 1. The number of benzene rings is 1. The Bertz CT molecular complexity index is 256. The minimum absolute atomic E-state index is 0. The molecule has 0 saturated carbocycles. The Hall–Kier alpha value is 0.326. The van der Waals surface area contributed by atoms with Gasteiger partial charge in [0.25, 0.3) is 0 Å². The van der Waals surface area contributed by atoms with Crippen molar-refractivity contribution in [1.29, 1.82) is 0 Å². The third-order valence-corrected chi connectivity index (χ3v) is 1.53. The van der Waals surface area contributed by atoms with Gasteiger partial charge in [0, 0.05) is 56.9 Å². The van der Waals surface area contributed by atoms with Crippen molar-refractivity contribution in [1.82, 2.24) is 0 Å². The van der Waals surface area contributed by atoms with E-state index in [-0.39, 0.29) is 57.4 Å². The van der Waals surface area contributed by atoms with E-state index in [9.17, 15) is 4.79 Å². The minimum atomic E-state index is -0.152. The summed E-state index contributed by atoms with van der Waals surface area (Å²) in [6, 6.07) is 7.47. The number of ether oxygens (including phenoxy) is 1. The molecular formula is C8H6KO2. The zero-order chi connectivity index (χ0) is 6.97. The summed E-state index contributed by atoms with van der Waals surface area (Å²) >= 11 is 0. The van der Waals surface area contributed by atoms with Crippen molar-refractivity contribution < 1.29 is 9.53 Å². The molecule has 0 unspecified atom stereocenters. The summed E-state index contributed by atoms with van der Waals surface area (Å²) in [6.07, 6.45) is 0.427. The van der Waals surface area contributed by atoms with Crippen LogP contribution in [0.25, 0.3) is 0 Å². The second kappa shape index (κ2) is 3.82. The van der Waals surface area contributed by atoms with E-state index in [1.54, 1.807) is 6.07 Å². The summed E-state index contributed by atoms with van der Waals surface area (Å²) in [6.45, 7) is 0. The second-order valence-corrected chi connectivity index (χ2v) is 2.26. The van der Waals surface area contributed by atoms with Gasteiger partial charge in [-0.2, -0.15) is 0 Å². The van der Waals surface area contributed by atoms with E-state index in [0.29, 0.717) is 12.2 Å². The molecule has 0 fully saturated rings. The van der Waals surface area contributed by atoms with Crippen LogP contribution in [0.2, 0.25) is 0 Å². The first-order valence-electron chi connectivity index (χ1n) is 3.15. The Morgan fingerprint density at radius 3 is 2.73 bits per heavy atom. The first kappa shape index (κ1) is 9.41. The molecule has 0 aromatic heterocycles. The molecule has 1 aromatic rings. The summed E-state index contributed by atoms with van der Waals surface area (Å²) in [4.78, 5) is 10.7. The van der Waals surface area contributed by atoms with Gasteiger partial charge in [0.05, 0.1) is 6.42 Å². The van der Waals surface area contributed by atoms with E-state index in [1.807, 2.05) is 18.2 Å². The summed E-state index contributed by atoms with van der Waals surface area (Å²) < 4.78 is 4.87. The van der Waals surface area contributed by atoms with Crippen LogP contribution in [0.15, 0.2) is 24.3 Å². The number of hydrogen-bond acceptors (Lipinski definition) is 2. The molecule has 0 aliphatic carbocycles. The Kier molecular flexibility index (Phi) is 3.27. The fourth-order valence-electron chi connectivity index (χ4n) is 1.06. The van der Waals surface area contributed by atoms with Crippen molar-refractivity contribution in [2.45, 2.75) is 6.42 Å². The molecule has 1 aromatic carbocycles. The molecule has 0 spiro atoms. The zero-order valence-corrected chi connectivity index (χ0v) is 9.46. The van der Waals surface area contributed by atoms with Crippen LogP contribution in [-0.4, -0.2) is 57.4 Å². The van der Waals surface area contributed by atoms with E-state index in [4.69, 9.17) is 4.74 Å². The van der Waals surface area contributed by atoms with Gasteiger partial charge in [-0.05, 0) is 6.07 Å². The maximum atomic E-state index is 10.7. The fourth-order valence-corrected chi connectivity index (χ4v) is 1.06. The molecule has 0 saturated heterocycles. The summed E-state index contributed by atoms with van der Waals surface area (Å²) in [7, 11) is 0. The van der Waals surface area contributed by atoms with E-state index in [1.165, 1.54) is 0 Å². The average Bonchev–Trinajstić information content (AvgIpc) is 2.27. The summed E-state index contributed by atoms with van der Waals surface area (Å²) in [5, 5.41) is 0. The van der Waals surface area contributed by atoms with Crippen molar-refractivity contribution in [2.24, 2.45) is 0 Å². The maximum absolute atomic E-state index is 10.7. The number of hydrogen-bond donors (Lipinski definition) is 0. The SMILES string of the molecule is O=C1Cc2ccccc2O1.[K]. The van der Waals surface area contributed by atoms with Crippen molar-refractivity contribution in [3.63, 3.8) is 0 Å². The van der Waals surface area contributed by atoms with Crippen LogP contribution in [0.1, 0.15) is 5.56 Å². The molecule has 0 amide bonds. The minimum Gasteiger partial charge on any atom is -0.426 e. The van der Waals surface area contributed by atoms with E-state index < -0.39 is 0 Å². The Labute approximate surface area is 107 Å². The Balaban J connectivity index is 0.000000605. The Morgan fingerprint density at radius 2 is 2.00 bits per heavy atom. The number of para-hydroxylation sites is 1. The van der Waals surface area contributed by atoms with Crippen LogP contribution in [0, 0.1) is 0 Å². The van der Waals surface area contributed by atoms with Gasteiger partial charge in [-0.15, -0.1) is 0 Å². The predicted molar refractivity (Wildman–Crippen MR) is 41.5 cm³/mol. The van der Waals surface area contributed by atoms with Gasteiger partial charge in [-0.3, -0.25) is 4.79 Å². The van der Waals surface area contributed by atoms with Crippen LogP contribution in [0.5, 0.6) is 5.75 Å². The predicted octanol–water partition coefficient (Wildman–Crippen LogP) is 0.767. The van der Waals surface area contributed by atoms with Crippen LogP contribution >= 0.6 is 0 Å². The summed E-state index contributed by atoms with van der Waals surface area (Å²) in [5.41, 5.74) is 0.993. The van der Waals surface area contributed by atoms with Crippen LogP contribution in [0.3, 0.4) is 0 Å². The molecule has 11 heavy (non-hydrogen) atoms. The molecule has 1 radical (unpaired) electrons. The van der Waals surface area contributed by atoms with Gasteiger partial charge in [0.2, 0.25) is 0 Å². The van der Waals surface area contributed by atoms with Crippen molar-refractivity contribution in [3.8, 4) is 5.75 Å². The standard InChI is InChI=1S/C8H6O2.K/c9-8-5-6-3-1-2-4-7(6)10-8;/h1-4H,5H2;. The molecule has 0 N–H and O–H groups in total. The number of fused-ring (bicyclic) bond motifs is 1. The van der Waals surface area contributed by atoms with E-state index in [0.717, 1.165) is 5.56 Å². The van der Waals surface area contributed by atoms with Gasteiger partial charge in [0.15, 0.2) is 0 Å². The first-order valence-corrected chi connectivity index (χ1v) is 3.15. The average molecular weight is 173 g/mol. The van der Waals surface area contributed by atoms with E-state index in [2.05, 4.69) is 0 Å². The monoisotopic (exact) mass is 173 g/mol. The number of esters is 1. The largest absolute Gasteiger partial charge is 0.426 e. The molecule has 1 aliphatic rings. The van der Waals surface area contributed by atoms with Gasteiger partial charge >= 0.3 is 5.97 Å². The van der Waals surface area contributed by atoms with Crippen LogP contribution in [-0.2, 0) is 11.2 Å². The van der Waals surface area contributed by atoms with Gasteiger partial charge in [-0.25, -0.2) is 0 Å². The molecule has 2 nitrogen and oxygen atoms in total. The van der Waals surface area contributed by atoms with Crippen molar-refractivity contribution in [3.05, 3.63) is 29.8 Å². The Morgan fingerprint density at radius 1 is 1.27 bits per heavy atom. The first-order chi connectivity index (χ1) is 4.86. The number of carbonyl (C=O) groups is 1. The maximum Gasteiger partial charge on any atom is 0.315 e. The normalized spacial score (nSPS) is 13.3. The smallest absolute Gasteiger partial charge is 0.315 e. The van der Waals surface area contributed by atoms with Gasteiger partial charge in [-0.1, -0.05) is 18.2 Å². The molecule has 2 rings (SSSR count).